The summed E-state index contributed by atoms with van der Waals surface area (Å²) >= 11 is 1.21. The molecule has 0 spiro atoms. The van der Waals surface area contributed by atoms with Crippen LogP contribution >= 0.6 is 11.3 Å². The van der Waals surface area contributed by atoms with Crippen molar-refractivity contribution in [1.29, 1.82) is 0 Å². The molecule has 1 aromatic carbocycles. The Morgan fingerprint density at radius 2 is 1.91 bits per heavy atom. The zero-order valence-corrected chi connectivity index (χ0v) is 13.3. The first kappa shape index (κ1) is 15.0. The number of rotatable bonds is 6. The van der Waals surface area contributed by atoms with E-state index in [4.69, 9.17) is 0 Å². The van der Waals surface area contributed by atoms with Gasteiger partial charge in [0, 0.05) is 18.9 Å². The highest BCUT2D eigenvalue weighted by atomic mass is 32.2. The van der Waals surface area contributed by atoms with Crippen LogP contribution in [0.25, 0.3) is 0 Å². The average Bonchev–Trinajstić information content (AvgIpc) is 3.20. The largest absolute Gasteiger partial charge is 0.268 e. The third-order valence-electron chi connectivity index (χ3n) is 3.22. The Balaban J connectivity index is 1.76. The Kier molecular flexibility index (Phi) is 4.37. The first-order valence-corrected chi connectivity index (χ1v) is 9.09. The van der Waals surface area contributed by atoms with E-state index in [1.165, 1.54) is 11.3 Å². The van der Waals surface area contributed by atoms with E-state index in [1.807, 2.05) is 41.2 Å². The first-order chi connectivity index (χ1) is 10.6. The van der Waals surface area contributed by atoms with Crippen LogP contribution in [0.4, 0.5) is 0 Å². The lowest BCUT2D eigenvalue weighted by Crippen LogP contribution is -2.23. The highest BCUT2D eigenvalue weighted by molar-refractivity contribution is 7.91. The summed E-state index contributed by atoms with van der Waals surface area (Å²) in [5.74, 6) is 0. The fraction of sp³-hybridized carbons (Fsp3) is 0.133. The molecule has 0 saturated carbocycles. The summed E-state index contributed by atoms with van der Waals surface area (Å²) in [6.07, 6.45) is 3.61. The molecule has 0 radical (unpaired) electrons. The van der Waals surface area contributed by atoms with E-state index in [0.717, 1.165) is 11.1 Å². The van der Waals surface area contributed by atoms with Crippen LogP contribution in [0, 0.1) is 0 Å². The van der Waals surface area contributed by atoms with Crippen LogP contribution in [0.5, 0.6) is 0 Å². The number of aromatic nitrogens is 2. The van der Waals surface area contributed by atoms with Crippen molar-refractivity contribution in [2.45, 2.75) is 17.3 Å². The maximum atomic E-state index is 12.2. The molecule has 3 aromatic rings. The summed E-state index contributed by atoms with van der Waals surface area (Å²) < 4.78 is 29.1. The summed E-state index contributed by atoms with van der Waals surface area (Å²) in [5, 5.41) is 5.93. The Hall–Kier alpha value is -1.96. The smallest absolute Gasteiger partial charge is 0.250 e. The van der Waals surface area contributed by atoms with E-state index in [1.54, 1.807) is 23.7 Å². The fourth-order valence-corrected chi connectivity index (χ4v) is 4.16. The van der Waals surface area contributed by atoms with Gasteiger partial charge in [0.25, 0.3) is 0 Å². The number of nitrogens with one attached hydrogen (secondary N) is 1. The summed E-state index contributed by atoms with van der Waals surface area (Å²) in [6.45, 7) is 0.877. The quantitative estimate of drug-likeness (QED) is 0.754. The predicted molar refractivity (Wildman–Crippen MR) is 86.1 cm³/mol. The molecule has 0 bridgehead atoms. The van der Waals surface area contributed by atoms with Crippen LogP contribution in [0.15, 0.2) is 64.4 Å². The van der Waals surface area contributed by atoms with Crippen molar-refractivity contribution in [3.63, 3.8) is 0 Å². The van der Waals surface area contributed by atoms with Crippen molar-refractivity contribution in [3.8, 4) is 0 Å². The van der Waals surface area contributed by atoms with Crippen LogP contribution in [0.3, 0.4) is 0 Å². The van der Waals surface area contributed by atoms with Gasteiger partial charge in [-0.3, -0.25) is 4.68 Å². The lowest BCUT2D eigenvalue weighted by Gasteiger charge is -2.10. The van der Waals surface area contributed by atoms with Crippen molar-refractivity contribution >= 4 is 21.4 Å². The van der Waals surface area contributed by atoms with E-state index in [9.17, 15) is 8.42 Å². The van der Waals surface area contributed by atoms with Gasteiger partial charge in [-0.1, -0.05) is 30.3 Å². The molecule has 2 aromatic heterocycles. The lowest BCUT2D eigenvalue weighted by atomic mass is 10.1. The number of benzene rings is 1. The van der Waals surface area contributed by atoms with Crippen LogP contribution in [0.2, 0.25) is 0 Å². The number of hydrogen-bond donors (Lipinski definition) is 1. The molecule has 0 saturated heterocycles. The molecule has 2 heterocycles. The van der Waals surface area contributed by atoms with Gasteiger partial charge in [0.2, 0.25) is 10.0 Å². The van der Waals surface area contributed by atoms with Crippen LogP contribution in [-0.2, 0) is 23.1 Å². The molecule has 1 N–H and O–H groups in total. The Bertz CT molecular complexity index is 826. The molecule has 7 heteroatoms. The molecule has 114 valence electrons. The minimum absolute atomic E-state index is 0.262. The second-order valence-corrected chi connectivity index (χ2v) is 7.67. The molecular weight excluding hydrogens is 318 g/mol. The van der Waals surface area contributed by atoms with Gasteiger partial charge in [0.05, 0.1) is 6.54 Å². The molecule has 0 atom stereocenters. The topological polar surface area (TPSA) is 64.0 Å². The molecule has 5 nitrogen and oxygen atoms in total. The summed E-state index contributed by atoms with van der Waals surface area (Å²) in [6, 6.07) is 12.9. The van der Waals surface area contributed by atoms with Gasteiger partial charge >= 0.3 is 0 Å². The number of nitrogens with zero attached hydrogens (tertiary/aromatic N) is 2. The van der Waals surface area contributed by atoms with Gasteiger partial charge in [-0.05, 0) is 28.6 Å². The maximum absolute atomic E-state index is 12.2. The van der Waals surface area contributed by atoms with Crippen molar-refractivity contribution in [2.75, 3.05) is 0 Å². The Morgan fingerprint density at radius 3 is 2.59 bits per heavy atom. The third-order valence-corrected chi connectivity index (χ3v) is 6.02. The van der Waals surface area contributed by atoms with E-state index in [2.05, 4.69) is 9.82 Å². The van der Waals surface area contributed by atoms with Crippen LogP contribution < -0.4 is 4.72 Å². The second-order valence-electron chi connectivity index (χ2n) is 4.73. The van der Waals surface area contributed by atoms with E-state index in [0.29, 0.717) is 10.8 Å². The average molecular weight is 333 g/mol. The zero-order valence-electron chi connectivity index (χ0n) is 11.7. The molecule has 22 heavy (non-hydrogen) atoms. The molecular formula is C15H15N3O2S2. The van der Waals surface area contributed by atoms with Gasteiger partial charge in [-0.25, -0.2) is 13.1 Å². The van der Waals surface area contributed by atoms with E-state index in [-0.39, 0.29) is 6.54 Å². The number of thiophene rings is 1. The molecule has 0 aliphatic carbocycles. The highest BCUT2D eigenvalue weighted by Gasteiger charge is 2.15. The monoisotopic (exact) mass is 333 g/mol. The number of sulfonamides is 1. The lowest BCUT2D eigenvalue weighted by molar-refractivity contribution is 0.582. The third kappa shape index (κ3) is 3.44. The van der Waals surface area contributed by atoms with Crippen molar-refractivity contribution in [3.05, 3.63) is 71.4 Å². The maximum Gasteiger partial charge on any atom is 0.250 e. The zero-order chi connectivity index (χ0) is 15.4. The van der Waals surface area contributed by atoms with Crippen molar-refractivity contribution < 1.29 is 8.42 Å². The molecule has 0 aliphatic heterocycles. The predicted octanol–water partition coefficient (Wildman–Crippen LogP) is 2.47. The number of hydrogen-bond acceptors (Lipinski definition) is 4. The summed E-state index contributed by atoms with van der Waals surface area (Å²) in [4.78, 5) is 0. The normalized spacial score (nSPS) is 11.6. The molecule has 0 unspecified atom stereocenters. The Labute approximate surface area is 133 Å². The molecule has 0 amide bonds. The van der Waals surface area contributed by atoms with Gasteiger partial charge in [-0.15, -0.1) is 11.3 Å². The SMILES string of the molecule is O=S(=O)(NCc1ccccc1Cn1cccn1)c1cccs1. The summed E-state index contributed by atoms with van der Waals surface area (Å²) in [7, 11) is -3.45. The van der Waals surface area contributed by atoms with Gasteiger partial charge < -0.3 is 0 Å². The molecule has 0 fully saturated rings. The second kappa shape index (κ2) is 6.43. The molecule has 0 aliphatic rings. The van der Waals surface area contributed by atoms with Gasteiger partial charge in [0.15, 0.2) is 0 Å². The minimum atomic E-state index is -3.45. The fourth-order valence-electron chi connectivity index (χ4n) is 2.11. The van der Waals surface area contributed by atoms with Gasteiger partial charge in [0.1, 0.15) is 4.21 Å². The van der Waals surface area contributed by atoms with Crippen LogP contribution in [0.1, 0.15) is 11.1 Å². The van der Waals surface area contributed by atoms with Crippen molar-refractivity contribution in [2.24, 2.45) is 0 Å². The molecule has 3 rings (SSSR count). The Morgan fingerprint density at radius 1 is 1.09 bits per heavy atom. The highest BCUT2D eigenvalue weighted by Crippen LogP contribution is 2.17. The first-order valence-electron chi connectivity index (χ1n) is 6.72. The van der Waals surface area contributed by atoms with E-state index >= 15 is 0 Å². The van der Waals surface area contributed by atoms with Gasteiger partial charge in [-0.2, -0.15) is 5.10 Å². The van der Waals surface area contributed by atoms with E-state index < -0.39 is 10.0 Å². The van der Waals surface area contributed by atoms with Crippen molar-refractivity contribution in [1.82, 2.24) is 14.5 Å². The summed E-state index contributed by atoms with van der Waals surface area (Å²) in [5.41, 5.74) is 1.98. The minimum Gasteiger partial charge on any atom is -0.268 e. The standard InChI is InChI=1S/C15H15N3O2S2/c19-22(20,15-7-3-10-21-15)17-11-13-5-1-2-6-14(13)12-18-9-4-8-16-18/h1-10,17H,11-12H2. The van der Waals surface area contributed by atoms with Crippen LogP contribution in [-0.4, -0.2) is 18.2 Å².